The van der Waals surface area contributed by atoms with E-state index in [1.807, 2.05) is 0 Å². The number of carbonyl (C=O) groups is 2. The summed E-state index contributed by atoms with van der Waals surface area (Å²) in [6.45, 7) is 4.37. The van der Waals surface area contributed by atoms with Crippen LogP contribution in [-0.4, -0.2) is 72.1 Å². The maximum absolute atomic E-state index is 10.1. The molecule has 0 aromatic heterocycles. The topological polar surface area (TPSA) is 121 Å². The number of carbonyl (C=O) groups excluding carboxylic acids is 2. The van der Waals surface area contributed by atoms with Crippen LogP contribution in [0.25, 0.3) is 0 Å². The van der Waals surface area contributed by atoms with Crippen molar-refractivity contribution in [2.75, 3.05) is 0 Å². The van der Waals surface area contributed by atoms with Gasteiger partial charge >= 0.3 is 37.7 Å². The van der Waals surface area contributed by atoms with Gasteiger partial charge in [0.15, 0.2) is 0 Å². The van der Waals surface area contributed by atoms with Gasteiger partial charge in [-0.2, -0.15) is 0 Å². The standard InChI is InChI=1S/2C12H24O3.Ca/c2*1-2-3-4-5-6-7-8-11(13)9-10-12(14)15;/h2*11,13H,2-10H2,1H3,(H,14,15);/q;;+2/p-2. The van der Waals surface area contributed by atoms with Gasteiger partial charge in [0.25, 0.3) is 0 Å². The van der Waals surface area contributed by atoms with Crippen molar-refractivity contribution >= 4 is 49.7 Å². The Hall–Kier alpha value is 0.120. The molecule has 2 atom stereocenters. The molecular weight excluding hydrogens is 424 g/mol. The quantitative estimate of drug-likeness (QED) is 0.208. The Morgan fingerprint density at radius 3 is 1.16 bits per heavy atom. The number of hydrogen-bond acceptors (Lipinski definition) is 6. The zero-order chi connectivity index (χ0) is 23.0. The van der Waals surface area contributed by atoms with Crippen molar-refractivity contribution < 1.29 is 30.0 Å². The molecule has 0 radical (unpaired) electrons. The first kappa shape index (κ1) is 35.7. The van der Waals surface area contributed by atoms with Crippen LogP contribution in [0.5, 0.6) is 0 Å². The van der Waals surface area contributed by atoms with E-state index in [4.69, 9.17) is 0 Å². The third kappa shape index (κ3) is 34.9. The molecule has 0 aliphatic rings. The molecule has 6 nitrogen and oxygen atoms in total. The molecule has 0 aromatic carbocycles. The average molecular weight is 471 g/mol. The van der Waals surface area contributed by atoms with Crippen LogP contribution < -0.4 is 10.2 Å². The molecule has 0 bridgehead atoms. The number of hydrogen-bond donors (Lipinski definition) is 2. The zero-order valence-electron chi connectivity index (χ0n) is 20.1. The van der Waals surface area contributed by atoms with Crippen molar-refractivity contribution in [3.63, 3.8) is 0 Å². The third-order valence-corrected chi connectivity index (χ3v) is 5.15. The predicted molar refractivity (Wildman–Crippen MR) is 122 cm³/mol. The predicted octanol–water partition coefficient (Wildman–Crippen LogP) is 2.88. The average Bonchev–Trinajstić information content (AvgIpc) is 2.70. The van der Waals surface area contributed by atoms with Crippen molar-refractivity contribution in [2.45, 2.75) is 142 Å². The van der Waals surface area contributed by atoms with Crippen LogP contribution in [0, 0.1) is 0 Å². The second-order valence-electron chi connectivity index (χ2n) is 8.24. The fourth-order valence-electron chi connectivity index (χ4n) is 3.18. The molecule has 7 heteroatoms. The van der Waals surface area contributed by atoms with Gasteiger partial charge in [0, 0.05) is 11.9 Å². The summed E-state index contributed by atoms with van der Waals surface area (Å²) in [4.78, 5) is 20.3. The van der Waals surface area contributed by atoms with Gasteiger partial charge < -0.3 is 30.0 Å². The van der Waals surface area contributed by atoms with Gasteiger partial charge in [0.1, 0.15) is 0 Å². The molecule has 180 valence electrons. The van der Waals surface area contributed by atoms with E-state index in [-0.39, 0.29) is 50.6 Å². The summed E-state index contributed by atoms with van der Waals surface area (Å²) in [6.07, 6.45) is 15.4. The number of aliphatic hydroxyl groups excluding tert-OH is 2. The first-order chi connectivity index (χ1) is 14.3. The Bertz CT molecular complexity index is 356. The van der Waals surface area contributed by atoms with E-state index in [0.717, 1.165) is 38.5 Å². The minimum absolute atomic E-state index is 0. The molecule has 0 aliphatic heterocycles. The largest absolute Gasteiger partial charge is 2.00 e. The van der Waals surface area contributed by atoms with Gasteiger partial charge in [-0.25, -0.2) is 0 Å². The summed E-state index contributed by atoms with van der Waals surface area (Å²) in [6, 6.07) is 0. The summed E-state index contributed by atoms with van der Waals surface area (Å²) in [5.74, 6) is -2.14. The molecule has 0 aromatic rings. The van der Waals surface area contributed by atoms with Crippen LogP contribution in [0.2, 0.25) is 0 Å². The smallest absolute Gasteiger partial charge is 0.550 e. The minimum Gasteiger partial charge on any atom is -0.550 e. The van der Waals surface area contributed by atoms with Crippen molar-refractivity contribution in [1.29, 1.82) is 0 Å². The van der Waals surface area contributed by atoms with Gasteiger partial charge in [0.05, 0.1) is 12.2 Å². The summed E-state index contributed by atoms with van der Waals surface area (Å²) in [7, 11) is 0. The van der Waals surface area contributed by atoms with Crippen LogP contribution >= 0.6 is 0 Å². The molecule has 0 spiro atoms. The van der Waals surface area contributed by atoms with Crippen molar-refractivity contribution in [1.82, 2.24) is 0 Å². The van der Waals surface area contributed by atoms with Crippen LogP contribution in [0.15, 0.2) is 0 Å². The fraction of sp³-hybridized carbons (Fsp3) is 0.917. The number of carboxylic acid groups (broad SMARTS) is 2. The van der Waals surface area contributed by atoms with Gasteiger partial charge in [-0.1, -0.05) is 90.9 Å². The van der Waals surface area contributed by atoms with Crippen LogP contribution in [0.3, 0.4) is 0 Å². The maximum Gasteiger partial charge on any atom is 2.00 e. The van der Waals surface area contributed by atoms with E-state index in [1.54, 1.807) is 0 Å². The molecule has 31 heavy (non-hydrogen) atoms. The first-order valence-corrected chi connectivity index (χ1v) is 12.1. The molecule has 0 amide bonds. The van der Waals surface area contributed by atoms with E-state index in [1.165, 1.54) is 51.4 Å². The normalized spacial score (nSPS) is 12.3. The molecular formula is C24H46CaO6. The number of rotatable bonds is 20. The monoisotopic (exact) mass is 470 g/mol. The van der Waals surface area contributed by atoms with Crippen molar-refractivity contribution in [2.24, 2.45) is 0 Å². The van der Waals surface area contributed by atoms with Crippen LogP contribution in [0.4, 0.5) is 0 Å². The van der Waals surface area contributed by atoms with Gasteiger partial charge in [-0.05, 0) is 38.5 Å². The van der Waals surface area contributed by atoms with Crippen LogP contribution in [-0.2, 0) is 9.59 Å². The second-order valence-corrected chi connectivity index (χ2v) is 8.24. The Morgan fingerprint density at radius 1 is 0.581 bits per heavy atom. The van der Waals surface area contributed by atoms with Crippen molar-refractivity contribution in [3.8, 4) is 0 Å². The molecule has 2 unspecified atom stereocenters. The van der Waals surface area contributed by atoms with E-state index in [0.29, 0.717) is 12.8 Å². The summed E-state index contributed by atoms with van der Waals surface area (Å²) >= 11 is 0. The molecule has 0 saturated heterocycles. The second kappa shape index (κ2) is 28.2. The van der Waals surface area contributed by atoms with E-state index >= 15 is 0 Å². The Balaban J connectivity index is -0.000000490. The molecule has 0 saturated carbocycles. The number of aliphatic hydroxyl groups is 2. The summed E-state index contributed by atoms with van der Waals surface area (Å²) in [5, 5.41) is 39.1. The zero-order valence-corrected chi connectivity index (χ0v) is 22.3. The Labute approximate surface area is 220 Å². The number of aliphatic carboxylic acids is 2. The van der Waals surface area contributed by atoms with Crippen molar-refractivity contribution in [3.05, 3.63) is 0 Å². The van der Waals surface area contributed by atoms with E-state index < -0.39 is 24.1 Å². The van der Waals surface area contributed by atoms with Gasteiger partial charge in [0.2, 0.25) is 0 Å². The molecule has 2 N–H and O–H groups in total. The number of unbranched alkanes of at least 4 members (excludes halogenated alkanes) is 10. The maximum atomic E-state index is 10.1. The Morgan fingerprint density at radius 2 is 0.871 bits per heavy atom. The molecule has 0 aliphatic carbocycles. The number of carboxylic acids is 2. The fourth-order valence-corrected chi connectivity index (χ4v) is 3.18. The summed E-state index contributed by atoms with van der Waals surface area (Å²) in [5.41, 5.74) is 0. The first-order valence-electron chi connectivity index (χ1n) is 12.1. The molecule has 0 fully saturated rings. The van der Waals surface area contributed by atoms with Gasteiger partial charge in [-0.15, -0.1) is 0 Å². The molecule has 0 rings (SSSR count). The summed E-state index contributed by atoms with van der Waals surface area (Å²) < 4.78 is 0. The SMILES string of the molecule is CCCCCCCCC(O)CCC(=O)[O-].CCCCCCCCC(O)CCC(=O)[O-].[Ca+2]. The minimum atomic E-state index is -1.07. The molecule has 0 heterocycles. The Kier molecular flexibility index (Phi) is 32.4. The third-order valence-electron chi connectivity index (χ3n) is 5.15. The van der Waals surface area contributed by atoms with E-state index in [2.05, 4.69) is 13.8 Å². The van der Waals surface area contributed by atoms with Crippen LogP contribution in [0.1, 0.15) is 129 Å². The van der Waals surface area contributed by atoms with E-state index in [9.17, 15) is 30.0 Å². The van der Waals surface area contributed by atoms with Gasteiger partial charge in [-0.3, -0.25) is 0 Å².